The second-order valence-corrected chi connectivity index (χ2v) is 5.56. The van der Waals surface area contributed by atoms with E-state index in [0.717, 1.165) is 31.6 Å². The maximum Gasteiger partial charge on any atom is 0.0312 e. The highest BCUT2D eigenvalue weighted by Crippen LogP contribution is 2.20. The lowest BCUT2D eigenvalue weighted by molar-refractivity contribution is 0.126. The molecule has 18 heavy (non-hydrogen) atoms. The summed E-state index contributed by atoms with van der Waals surface area (Å²) in [5, 5.41) is 3.50. The van der Waals surface area contributed by atoms with Gasteiger partial charge in [-0.2, -0.15) is 0 Å². The maximum atomic E-state index is 4.12. The molecule has 1 aromatic rings. The summed E-state index contributed by atoms with van der Waals surface area (Å²) in [6.45, 7) is 9.12. The average Bonchev–Trinajstić information content (AvgIpc) is 2.40. The van der Waals surface area contributed by atoms with Crippen LogP contribution in [0.1, 0.15) is 32.3 Å². The van der Waals surface area contributed by atoms with Gasteiger partial charge in [-0.1, -0.05) is 13.0 Å². The molecular weight excluding hydrogens is 222 g/mol. The van der Waals surface area contributed by atoms with Crippen molar-refractivity contribution in [3.63, 3.8) is 0 Å². The summed E-state index contributed by atoms with van der Waals surface area (Å²) in [5.41, 5.74) is 1.26. The quantitative estimate of drug-likeness (QED) is 0.809. The van der Waals surface area contributed by atoms with Crippen molar-refractivity contribution in [2.24, 2.45) is 5.92 Å². The van der Waals surface area contributed by atoms with E-state index in [-0.39, 0.29) is 0 Å². The molecule has 1 aromatic heterocycles. The normalized spacial score (nSPS) is 25.2. The fourth-order valence-corrected chi connectivity index (χ4v) is 2.65. The predicted octanol–water partition coefficient (Wildman–Crippen LogP) is 2.29. The van der Waals surface area contributed by atoms with Crippen molar-refractivity contribution >= 4 is 0 Å². The number of likely N-dealkylation sites (tertiary alicyclic amines) is 1. The third-order valence-electron chi connectivity index (χ3n) is 3.87. The van der Waals surface area contributed by atoms with Crippen molar-refractivity contribution in [3.8, 4) is 0 Å². The molecule has 2 unspecified atom stereocenters. The highest BCUT2D eigenvalue weighted by atomic mass is 15.2. The number of nitrogens with one attached hydrogen (secondary N) is 1. The van der Waals surface area contributed by atoms with Gasteiger partial charge in [0.05, 0.1) is 0 Å². The summed E-state index contributed by atoms with van der Waals surface area (Å²) in [7, 11) is 0. The molecular formula is C15H25N3. The van der Waals surface area contributed by atoms with Gasteiger partial charge in [-0.25, -0.2) is 0 Å². The molecule has 0 bridgehead atoms. The van der Waals surface area contributed by atoms with Gasteiger partial charge in [0, 0.05) is 44.6 Å². The molecule has 0 aromatic carbocycles. The number of aromatic nitrogens is 1. The van der Waals surface area contributed by atoms with Crippen molar-refractivity contribution in [2.75, 3.05) is 19.6 Å². The lowest BCUT2D eigenvalue weighted by Gasteiger charge is -2.36. The van der Waals surface area contributed by atoms with E-state index in [4.69, 9.17) is 0 Å². The third-order valence-corrected chi connectivity index (χ3v) is 3.87. The lowest BCUT2D eigenvalue weighted by Crippen LogP contribution is -2.44. The average molecular weight is 247 g/mol. The molecule has 1 aliphatic rings. The molecule has 1 aliphatic heterocycles. The van der Waals surface area contributed by atoms with Crippen LogP contribution in [0.5, 0.6) is 0 Å². The Balaban J connectivity index is 1.66. The maximum absolute atomic E-state index is 4.12. The molecule has 1 saturated heterocycles. The summed E-state index contributed by atoms with van der Waals surface area (Å²) in [6.07, 6.45) is 6.49. The van der Waals surface area contributed by atoms with Crippen LogP contribution in [0.25, 0.3) is 0 Å². The predicted molar refractivity (Wildman–Crippen MR) is 75.4 cm³/mol. The molecule has 1 N–H and O–H groups in total. The molecule has 2 heterocycles. The van der Waals surface area contributed by atoms with Gasteiger partial charge < -0.3 is 5.32 Å². The molecule has 0 saturated carbocycles. The highest BCUT2D eigenvalue weighted by molar-refractivity contribution is 5.07. The van der Waals surface area contributed by atoms with Crippen LogP contribution in [-0.2, 0) is 6.54 Å². The van der Waals surface area contributed by atoms with E-state index in [9.17, 15) is 0 Å². The van der Waals surface area contributed by atoms with Crippen molar-refractivity contribution in [3.05, 3.63) is 30.1 Å². The fourth-order valence-electron chi connectivity index (χ4n) is 2.65. The van der Waals surface area contributed by atoms with Crippen molar-refractivity contribution in [1.29, 1.82) is 0 Å². The molecule has 0 radical (unpaired) electrons. The van der Waals surface area contributed by atoms with Crippen molar-refractivity contribution < 1.29 is 0 Å². The summed E-state index contributed by atoms with van der Waals surface area (Å²) in [4.78, 5) is 6.74. The van der Waals surface area contributed by atoms with Crippen LogP contribution in [0.2, 0.25) is 0 Å². The number of hydrogen-bond acceptors (Lipinski definition) is 3. The molecule has 0 spiro atoms. The number of pyridine rings is 1. The summed E-state index contributed by atoms with van der Waals surface area (Å²) < 4.78 is 0. The van der Waals surface area contributed by atoms with Crippen LogP contribution in [0.4, 0.5) is 0 Å². The minimum atomic E-state index is 0.751. The first-order valence-corrected chi connectivity index (χ1v) is 7.09. The Kier molecular flexibility index (Phi) is 5.14. The van der Waals surface area contributed by atoms with Crippen LogP contribution in [0.15, 0.2) is 24.5 Å². The van der Waals surface area contributed by atoms with E-state index in [1.54, 1.807) is 0 Å². The van der Waals surface area contributed by atoms with E-state index in [2.05, 4.69) is 35.1 Å². The minimum absolute atomic E-state index is 0.751. The van der Waals surface area contributed by atoms with E-state index in [1.165, 1.54) is 24.9 Å². The van der Waals surface area contributed by atoms with Gasteiger partial charge in [-0.05, 0) is 37.3 Å². The molecule has 0 aliphatic carbocycles. The van der Waals surface area contributed by atoms with Crippen molar-refractivity contribution in [2.45, 2.75) is 39.3 Å². The first kappa shape index (κ1) is 13.5. The SMILES string of the molecule is CC1CCC(C)N(CCNCc2cccnc2)C1. The molecule has 1 fully saturated rings. The zero-order chi connectivity index (χ0) is 12.8. The van der Waals surface area contributed by atoms with Gasteiger partial charge in [-0.15, -0.1) is 0 Å². The van der Waals surface area contributed by atoms with Gasteiger partial charge in [0.15, 0.2) is 0 Å². The van der Waals surface area contributed by atoms with Gasteiger partial charge in [-0.3, -0.25) is 9.88 Å². The van der Waals surface area contributed by atoms with Crippen LogP contribution >= 0.6 is 0 Å². The van der Waals surface area contributed by atoms with Gasteiger partial charge in [0.1, 0.15) is 0 Å². The monoisotopic (exact) mass is 247 g/mol. The third kappa shape index (κ3) is 4.07. The Hall–Kier alpha value is -0.930. The van der Waals surface area contributed by atoms with Crippen LogP contribution < -0.4 is 5.32 Å². The summed E-state index contributed by atoms with van der Waals surface area (Å²) in [5.74, 6) is 0.861. The summed E-state index contributed by atoms with van der Waals surface area (Å²) >= 11 is 0. The second kappa shape index (κ2) is 6.86. The Morgan fingerprint density at radius 2 is 2.28 bits per heavy atom. The molecule has 0 amide bonds. The Morgan fingerprint density at radius 1 is 1.39 bits per heavy atom. The molecule has 3 heteroatoms. The van der Waals surface area contributed by atoms with E-state index in [1.807, 2.05) is 18.5 Å². The fraction of sp³-hybridized carbons (Fsp3) is 0.667. The van der Waals surface area contributed by atoms with Crippen LogP contribution in [0, 0.1) is 5.92 Å². The van der Waals surface area contributed by atoms with Gasteiger partial charge in [0.2, 0.25) is 0 Å². The standard InChI is InChI=1S/C15H25N3/c1-13-5-6-14(2)18(12-13)9-8-17-11-15-4-3-7-16-10-15/h3-4,7,10,13-14,17H,5-6,8-9,11-12H2,1-2H3. The Morgan fingerprint density at radius 3 is 3.06 bits per heavy atom. The number of nitrogens with zero attached hydrogens (tertiary/aromatic N) is 2. The molecule has 2 atom stereocenters. The van der Waals surface area contributed by atoms with Crippen LogP contribution in [0.3, 0.4) is 0 Å². The summed E-state index contributed by atoms with van der Waals surface area (Å²) in [6, 6.07) is 4.86. The molecule has 2 rings (SSSR count). The topological polar surface area (TPSA) is 28.2 Å². The number of hydrogen-bond donors (Lipinski definition) is 1. The Labute approximate surface area is 111 Å². The van der Waals surface area contributed by atoms with Crippen molar-refractivity contribution in [1.82, 2.24) is 15.2 Å². The zero-order valence-electron chi connectivity index (χ0n) is 11.6. The van der Waals surface area contributed by atoms with E-state index in [0.29, 0.717) is 0 Å². The van der Waals surface area contributed by atoms with E-state index < -0.39 is 0 Å². The molecule has 100 valence electrons. The lowest BCUT2D eigenvalue weighted by atomic mass is 9.95. The number of rotatable bonds is 5. The number of piperidine rings is 1. The highest BCUT2D eigenvalue weighted by Gasteiger charge is 2.21. The van der Waals surface area contributed by atoms with E-state index >= 15 is 0 Å². The minimum Gasteiger partial charge on any atom is -0.311 e. The smallest absolute Gasteiger partial charge is 0.0312 e. The van der Waals surface area contributed by atoms with Gasteiger partial charge in [0.25, 0.3) is 0 Å². The molecule has 3 nitrogen and oxygen atoms in total. The first-order valence-electron chi connectivity index (χ1n) is 7.09. The van der Waals surface area contributed by atoms with Crippen LogP contribution in [-0.4, -0.2) is 35.6 Å². The first-order chi connectivity index (χ1) is 8.75. The van der Waals surface area contributed by atoms with Gasteiger partial charge >= 0.3 is 0 Å². The largest absolute Gasteiger partial charge is 0.311 e. The Bertz CT molecular complexity index is 339. The second-order valence-electron chi connectivity index (χ2n) is 5.56. The zero-order valence-corrected chi connectivity index (χ0v) is 11.6.